The van der Waals surface area contributed by atoms with Gasteiger partial charge < -0.3 is 14.2 Å². The van der Waals surface area contributed by atoms with E-state index in [0.717, 1.165) is 11.1 Å². The monoisotopic (exact) mass is 424 g/mol. The smallest absolute Gasteiger partial charge is 0.338 e. The standard InChI is InChI=1S/C25H28O4S/c26-24(29-22-16-28-25(30)14-15-27-23(22)25)21-12-10-20(11-13-21)19-8-6-18(7-9-19)17-4-2-1-3-5-17/h6-13,17,22-23,30H,1-5,14-16H2/t22?,23-,25+/m1/s1. The van der Waals surface area contributed by atoms with E-state index in [4.69, 9.17) is 14.2 Å². The summed E-state index contributed by atoms with van der Waals surface area (Å²) in [5.41, 5.74) is 4.25. The number of benzene rings is 2. The molecule has 0 spiro atoms. The van der Waals surface area contributed by atoms with Gasteiger partial charge in [0.2, 0.25) is 0 Å². The zero-order valence-corrected chi connectivity index (χ0v) is 18.0. The fourth-order valence-electron chi connectivity index (χ4n) is 4.95. The third kappa shape index (κ3) is 3.91. The van der Waals surface area contributed by atoms with Crippen molar-refractivity contribution < 1.29 is 19.0 Å². The van der Waals surface area contributed by atoms with Crippen LogP contribution in [0.25, 0.3) is 11.1 Å². The molecule has 1 saturated carbocycles. The van der Waals surface area contributed by atoms with Gasteiger partial charge in [0.1, 0.15) is 11.0 Å². The molecule has 3 atom stereocenters. The molecule has 2 saturated heterocycles. The van der Waals surface area contributed by atoms with E-state index in [9.17, 15) is 4.79 Å². The summed E-state index contributed by atoms with van der Waals surface area (Å²) in [6, 6.07) is 16.5. The van der Waals surface area contributed by atoms with Crippen LogP contribution in [0, 0.1) is 0 Å². The quantitative estimate of drug-likeness (QED) is 0.529. The molecule has 30 heavy (non-hydrogen) atoms. The molecule has 0 radical (unpaired) electrons. The molecule has 0 amide bonds. The van der Waals surface area contributed by atoms with E-state index in [1.54, 1.807) is 0 Å². The van der Waals surface area contributed by atoms with Gasteiger partial charge in [-0.1, -0.05) is 55.7 Å². The topological polar surface area (TPSA) is 44.8 Å². The van der Waals surface area contributed by atoms with Gasteiger partial charge in [-0.25, -0.2) is 4.79 Å². The van der Waals surface area contributed by atoms with Gasteiger partial charge in [0, 0.05) is 6.42 Å². The van der Waals surface area contributed by atoms with Crippen LogP contribution in [0.4, 0.5) is 0 Å². The van der Waals surface area contributed by atoms with Gasteiger partial charge >= 0.3 is 5.97 Å². The molecular weight excluding hydrogens is 396 g/mol. The highest BCUT2D eigenvalue weighted by Crippen LogP contribution is 2.41. The third-order valence-electron chi connectivity index (χ3n) is 6.74. The number of rotatable bonds is 4. The molecule has 3 fully saturated rings. The molecule has 4 nitrogen and oxygen atoms in total. The first-order chi connectivity index (χ1) is 14.6. The number of carbonyl (C=O) groups excluding carboxylic acids is 1. The van der Waals surface area contributed by atoms with E-state index in [2.05, 4.69) is 36.9 Å². The average Bonchev–Trinajstić information content (AvgIpc) is 3.32. The fourth-order valence-corrected chi connectivity index (χ4v) is 5.36. The van der Waals surface area contributed by atoms with Gasteiger partial charge in [0.25, 0.3) is 0 Å². The largest absolute Gasteiger partial charge is 0.453 e. The maximum atomic E-state index is 12.6. The highest BCUT2D eigenvalue weighted by Gasteiger charge is 2.53. The van der Waals surface area contributed by atoms with Gasteiger partial charge in [-0.2, -0.15) is 0 Å². The number of ether oxygens (including phenoxy) is 3. The lowest BCUT2D eigenvalue weighted by Crippen LogP contribution is -2.36. The van der Waals surface area contributed by atoms with Crippen molar-refractivity contribution >= 4 is 18.6 Å². The van der Waals surface area contributed by atoms with Crippen molar-refractivity contribution in [2.45, 2.75) is 61.6 Å². The first-order valence-electron chi connectivity index (χ1n) is 11.0. The lowest BCUT2D eigenvalue weighted by Gasteiger charge is -2.22. The molecule has 0 aromatic heterocycles. The van der Waals surface area contributed by atoms with E-state index in [0.29, 0.717) is 31.1 Å². The van der Waals surface area contributed by atoms with Gasteiger partial charge in [0.15, 0.2) is 6.10 Å². The summed E-state index contributed by atoms with van der Waals surface area (Å²) < 4.78 is 17.1. The Hall–Kier alpha value is -1.82. The summed E-state index contributed by atoms with van der Waals surface area (Å²) in [5.74, 6) is 0.361. The second-order valence-electron chi connectivity index (χ2n) is 8.68. The Kier molecular flexibility index (Phi) is 5.61. The molecule has 3 aliphatic rings. The van der Waals surface area contributed by atoms with Crippen LogP contribution in [0.1, 0.15) is 60.4 Å². The van der Waals surface area contributed by atoms with Crippen LogP contribution in [0.3, 0.4) is 0 Å². The second kappa shape index (κ2) is 8.37. The number of hydrogen-bond acceptors (Lipinski definition) is 5. The van der Waals surface area contributed by atoms with E-state index >= 15 is 0 Å². The Bertz CT molecular complexity index is 888. The van der Waals surface area contributed by atoms with Crippen LogP contribution >= 0.6 is 12.6 Å². The van der Waals surface area contributed by atoms with Gasteiger partial charge in [-0.05, 0) is 47.6 Å². The number of fused-ring (bicyclic) bond motifs is 1. The minimum Gasteiger partial charge on any atom is -0.453 e. The Labute approximate surface area is 183 Å². The van der Waals surface area contributed by atoms with Crippen molar-refractivity contribution in [3.63, 3.8) is 0 Å². The summed E-state index contributed by atoms with van der Waals surface area (Å²) in [4.78, 5) is 12.0. The molecule has 5 rings (SSSR count). The summed E-state index contributed by atoms with van der Waals surface area (Å²) in [5, 5.41) is 0. The minimum atomic E-state index is -0.626. The molecule has 158 valence electrons. The Morgan fingerprint density at radius 3 is 2.33 bits per heavy atom. The lowest BCUT2D eigenvalue weighted by molar-refractivity contribution is -0.0158. The predicted molar refractivity (Wildman–Crippen MR) is 119 cm³/mol. The van der Waals surface area contributed by atoms with E-state index in [1.165, 1.54) is 37.7 Å². The molecule has 5 heteroatoms. The predicted octanol–water partition coefficient (Wildman–Crippen LogP) is 5.37. The van der Waals surface area contributed by atoms with Gasteiger partial charge in [-0.3, -0.25) is 0 Å². The fraction of sp³-hybridized carbons (Fsp3) is 0.480. The average molecular weight is 425 g/mol. The molecule has 1 aliphatic carbocycles. The van der Waals surface area contributed by atoms with Crippen molar-refractivity contribution in [2.75, 3.05) is 13.2 Å². The molecule has 1 unspecified atom stereocenters. The first-order valence-corrected chi connectivity index (χ1v) is 11.5. The third-order valence-corrected chi connectivity index (χ3v) is 7.34. The molecule has 2 aromatic carbocycles. The van der Waals surface area contributed by atoms with Crippen LogP contribution in [0.15, 0.2) is 48.5 Å². The van der Waals surface area contributed by atoms with Crippen molar-refractivity contribution in [1.82, 2.24) is 0 Å². The summed E-state index contributed by atoms with van der Waals surface area (Å²) >= 11 is 4.56. The van der Waals surface area contributed by atoms with Gasteiger partial charge in [0.05, 0.1) is 18.8 Å². The van der Waals surface area contributed by atoms with Crippen LogP contribution in [-0.2, 0) is 14.2 Å². The highest BCUT2D eigenvalue weighted by molar-refractivity contribution is 7.81. The number of hydrogen-bond donors (Lipinski definition) is 1. The van der Waals surface area contributed by atoms with Crippen LogP contribution in [0.5, 0.6) is 0 Å². The van der Waals surface area contributed by atoms with Crippen molar-refractivity contribution in [3.8, 4) is 11.1 Å². The van der Waals surface area contributed by atoms with E-state index in [1.807, 2.05) is 24.3 Å². The lowest BCUT2D eigenvalue weighted by atomic mass is 9.84. The van der Waals surface area contributed by atoms with E-state index in [-0.39, 0.29) is 12.1 Å². The molecular formula is C25H28O4S. The Morgan fingerprint density at radius 2 is 1.63 bits per heavy atom. The molecule has 0 bridgehead atoms. The normalized spacial score (nSPS) is 29.0. The highest BCUT2D eigenvalue weighted by atomic mass is 32.1. The van der Waals surface area contributed by atoms with Gasteiger partial charge in [-0.15, -0.1) is 12.6 Å². The molecule has 2 heterocycles. The van der Waals surface area contributed by atoms with Crippen LogP contribution < -0.4 is 0 Å². The number of esters is 1. The van der Waals surface area contributed by atoms with Crippen molar-refractivity contribution in [3.05, 3.63) is 59.7 Å². The van der Waals surface area contributed by atoms with Crippen LogP contribution in [0.2, 0.25) is 0 Å². The second-order valence-corrected chi connectivity index (χ2v) is 9.43. The van der Waals surface area contributed by atoms with Crippen molar-refractivity contribution in [1.29, 1.82) is 0 Å². The van der Waals surface area contributed by atoms with Crippen LogP contribution in [-0.4, -0.2) is 36.3 Å². The Morgan fingerprint density at radius 1 is 0.967 bits per heavy atom. The minimum absolute atomic E-state index is 0.299. The number of carbonyl (C=O) groups is 1. The SMILES string of the molecule is O=C(OC1CO[C@]2(S)CCO[C@H]12)c1ccc(-c2ccc(C3CCCCC3)cc2)cc1. The Balaban J connectivity index is 1.23. The summed E-state index contributed by atoms with van der Waals surface area (Å²) in [7, 11) is 0. The molecule has 2 aliphatic heterocycles. The van der Waals surface area contributed by atoms with Crippen molar-refractivity contribution in [2.24, 2.45) is 0 Å². The first kappa shape index (κ1) is 20.1. The summed E-state index contributed by atoms with van der Waals surface area (Å²) in [6.45, 7) is 0.905. The summed E-state index contributed by atoms with van der Waals surface area (Å²) in [6.07, 6.45) is 6.68. The maximum absolute atomic E-state index is 12.6. The zero-order chi connectivity index (χ0) is 20.6. The molecule has 2 aromatic rings. The molecule has 0 N–H and O–H groups in total. The maximum Gasteiger partial charge on any atom is 0.338 e. The number of thiol groups is 1. The zero-order valence-electron chi connectivity index (χ0n) is 17.1. The van der Waals surface area contributed by atoms with E-state index < -0.39 is 11.0 Å².